The van der Waals surface area contributed by atoms with E-state index in [2.05, 4.69) is 38.7 Å². The second-order valence-corrected chi connectivity index (χ2v) is 11.4. The van der Waals surface area contributed by atoms with Crippen LogP contribution in [0.15, 0.2) is 116 Å². The molecular weight excluding hydrogens is 558 g/mol. The van der Waals surface area contributed by atoms with E-state index in [4.69, 9.17) is 9.97 Å². The minimum atomic E-state index is -0.0693. The van der Waals surface area contributed by atoms with Crippen molar-refractivity contribution in [3.05, 3.63) is 127 Å². The zero-order valence-electron chi connectivity index (χ0n) is 25.1. The van der Waals surface area contributed by atoms with E-state index in [9.17, 15) is 4.79 Å². The maximum absolute atomic E-state index is 12.8. The van der Waals surface area contributed by atoms with E-state index < -0.39 is 0 Å². The van der Waals surface area contributed by atoms with Gasteiger partial charge in [0.1, 0.15) is 5.65 Å². The number of hydrogen-bond acceptors (Lipinski definition) is 6. The molecule has 224 valence electrons. The molecule has 3 aromatic heterocycles. The summed E-state index contributed by atoms with van der Waals surface area (Å²) in [6.45, 7) is 3.50. The SMILES string of the molecule is O=C(Cc1ccccc1)Nc1cccc(-c2nc3ccccn3c2-c2ccnc(Nc3cccc(CCN4CCCC4)c3)n2)c1. The minimum Gasteiger partial charge on any atom is -0.326 e. The summed E-state index contributed by atoms with van der Waals surface area (Å²) < 4.78 is 2.04. The van der Waals surface area contributed by atoms with Gasteiger partial charge in [-0.25, -0.2) is 15.0 Å². The molecule has 1 aliphatic heterocycles. The summed E-state index contributed by atoms with van der Waals surface area (Å²) in [4.78, 5) is 29.8. The van der Waals surface area contributed by atoms with Crippen LogP contribution >= 0.6 is 0 Å². The fourth-order valence-corrected chi connectivity index (χ4v) is 5.95. The number of carbonyl (C=O) groups excluding carboxylic acids is 1. The molecule has 3 aromatic carbocycles. The molecule has 0 saturated carbocycles. The van der Waals surface area contributed by atoms with Crippen molar-refractivity contribution in [3.63, 3.8) is 0 Å². The summed E-state index contributed by atoms with van der Waals surface area (Å²) in [7, 11) is 0. The Hall–Kier alpha value is -5.34. The number of anilines is 3. The van der Waals surface area contributed by atoms with Gasteiger partial charge in [0.05, 0.1) is 23.5 Å². The average molecular weight is 594 g/mol. The maximum atomic E-state index is 12.8. The zero-order chi connectivity index (χ0) is 30.4. The number of benzene rings is 3. The van der Waals surface area contributed by atoms with Gasteiger partial charge in [-0.2, -0.15) is 0 Å². The molecule has 8 heteroatoms. The Morgan fingerprint density at radius 1 is 0.778 bits per heavy atom. The molecule has 0 radical (unpaired) electrons. The van der Waals surface area contributed by atoms with Gasteiger partial charge in [0.25, 0.3) is 0 Å². The molecule has 1 amide bonds. The van der Waals surface area contributed by atoms with Crippen LogP contribution in [0.4, 0.5) is 17.3 Å². The molecule has 8 nitrogen and oxygen atoms in total. The number of likely N-dealkylation sites (tertiary alicyclic amines) is 1. The molecule has 1 saturated heterocycles. The smallest absolute Gasteiger partial charge is 0.228 e. The molecule has 0 aliphatic carbocycles. The monoisotopic (exact) mass is 593 g/mol. The van der Waals surface area contributed by atoms with Crippen molar-refractivity contribution in [2.75, 3.05) is 30.3 Å². The maximum Gasteiger partial charge on any atom is 0.228 e. The summed E-state index contributed by atoms with van der Waals surface area (Å²) in [5.74, 6) is 0.447. The molecule has 4 heterocycles. The van der Waals surface area contributed by atoms with Crippen LogP contribution in [0.25, 0.3) is 28.3 Å². The number of nitrogens with one attached hydrogen (secondary N) is 2. The number of pyridine rings is 1. The van der Waals surface area contributed by atoms with Gasteiger partial charge in [0, 0.05) is 35.9 Å². The van der Waals surface area contributed by atoms with Crippen LogP contribution in [0, 0.1) is 0 Å². The third-order valence-electron chi connectivity index (χ3n) is 8.15. The molecule has 1 fully saturated rings. The van der Waals surface area contributed by atoms with Crippen molar-refractivity contribution in [3.8, 4) is 22.6 Å². The second kappa shape index (κ2) is 13.1. The van der Waals surface area contributed by atoms with Gasteiger partial charge in [-0.15, -0.1) is 0 Å². The number of carbonyl (C=O) groups is 1. The van der Waals surface area contributed by atoms with Crippen molar-refractivity contribution >= 4 is 28.9 Å². The topological polar surface area (TPSA) is 87.5 Å². The van der Waals surface area contributed by atoms with Crippen LogP contribution in [0.3, 0.4) is 0 Å². The lowest BCUT2D eigenvalue weighted by Gasteiger charge is -2.14. The van der Waals surface area contributed by atoms with E-state index in [1.165, 1.54) is 31.5 Å². The lowest BCUT2D eigenvalue weighted by Crippen LogP contribution is -2.21. The van der Waals surface area contributed by atoms with Crippen LogP contribution in [0.2, 0.25) is 0 Å². The highest BCUT2D eigenvalue weighted by atomic mass is 16.1. The van der Waals surface area contributed by atoms with Gasteiger partial charge in [-0.1, -0.05) is 60.7 Å². The molecule has 0 spiro atoms. The Bertz CT molecular complexity index is 1930. The first kappa shape index (κ1) is 28.4. The van der Waals surface area contributed by atoms with Gasteiger partial charge in [-0.3, -0.25) is 9.20 Å². The largest absolute Gasteiger partial charge is 0.326 e. The van der Waals surface area contributed by atoms with Gasteiger partial charge in [0.15, 0.2) is 0 Å². The van der Waals surface area contributed by atoms with Crippen LogP contribution in [-0.4, -0.2) is 49.8 Å². The lowest BCUT2D eigenvalue weighted by molar-refractivity contribution is -0.115. The third kappa shape index (κ3) is 6.76. The van der Waals surface area contributed by atoms with Crippen molar-refractivity contribution in [1.29, 1.82) is 0 Å². The molecule has 0 atom stereocenters. The first-order valence-electron chi connectivity index (χ1n) is 15.5. The van der Waals surface area contributed by atoms with Crippen LogP contribution in [0.1, 0.15) is 24.0 Å². The van der Waals surface area contributed by atoms with E-state index in [1.807, 2.05) is 95.5 Å². The summed E-state index contributed by atoms with van der Waals surface area (Å²) in [6.07, 6.45) is 7.70. The number of amides is 1. The normalized spacial score (nSPS) is 13.2. The van der Waals surface area contributed by atoms with Crippen LogP contribution in [-0.2, 0) is 17.6 Å². The molecule has 45 heavy (non-hydrogen) atoms. The van der Waals surface area contributed by atoms with E-state index in [0.717, 1.165) is 52.5 Å². The van der Waals surface area contributed by atoms with Gasteiger partial charge >= 0.3 is 0 Å². The fourth-order valence-electron chi connectivity index (χ4n) is 5.95. The number of aromatic nitrogens is 4. The zero-order valence-corrected chi connectivity index (χ0v) is 25.1. The Balaban J connectivity index is 1.15. The van der Waals surface area contributed by atoms with E-state index in [1.54, 1.807) is 6.20 Å². The summed E-state index contributed by atoms with van der Waals surface area (Å²) in [6, 6.07) is 33.9. The number of imidazole rings is 1. The summed E-state index contributed by atoms with van der Waals surface area (Å²) in [5.41, 5.74) is 7.99. The quantitative estimate of drug-likeness (QED) is 0.178. The highest BCUT2D eigenvalue weighted by Crippen LogP contribution is 2.33. The van der Waals surface area contributed by atoms with Crippen molar-refractivity contribution in [1.82, 2.24) is 24.3 Å². The second-order valence-electron chi connectivity index (χ2n) is 11.4. The molecule has 0 bridgehead atoms. The first-order valence-corrected chi connectivity index (χ1v) is 15.5. The number of nitrogens with zero attached hydrogens (tertiary/aromatic N) is 5. The standard InChI is InChI=1S/C37H35N7O/c45-34(25-27-10-2-1-3-11-27)39-31-15-9-13-29(26-31)35-36(44-22-5-4-16-33(44)42-35)32-17-19-38-37(41-32)40-30-14-8-12-28(24-30)18-23-43-20-6-7-21-43/h1-5,8-17,19,22,24,26H,6-7,18,20-21,23,25H2,(H,39,45)(H,38,40,41). The van der Waals surface area contributed by atoms with Crippen LogP contribution in [0.5, 0.6) is 0 Å². The number of hydrogen-bond donors (Lipinski definition) is 2. The van der Waals surface area contributed by atoms with Crippen molar-refractivity contribution in [2.45, 2.75) is 25.7 Å². The Morgan fingerprint density at radius 3 is 2.47 bits per heavy atom. The minimum absolute atomic E-state index is 0.0693. The molecule has 6 aromatic rings. The van der Waals surface area contributed by atoms with Gasteiger partial charge in [0.2, 0.25) is 11.9 Å². The molecule has 1 aliphatic rings. The molecule has 0 unspecified atom stereocenters. The average Bonchev–Trinajstić information content (AvgIpc) is 3.73. The van der Waals surface area contributed by atoms with E-state index in [-0.39, 0.29) is 5.91 Å². The van der Waals surface area contributed by atoms with Gasteiger partial charge < -0.3 is 15.5 Å². The van der Waals surface area contributed by atoms with Gasteiger partial charge in [-0.05, 0) is 85.9 Å². The first-order chi connectivity index (χ1) is 22.2. The van der Waals surface area contributed by atoms with E-state index in [0.29, 0.717) is 18.1 Å². The predicted molar refractivity (Wildman–Crippen MR) is 180 cm³/mol. The number of rotatable bonds is 10. The summed E-state index contributed by atoms with van der Waals surface area (Å²) >= 11 is 0. The predicted octanol–water partition coefficient (Wildman–Crippen LogP) is 7.02. The molecular formula is C37H35N7O. The Morgan fingerprint density at radius 2 is 1.58 bits per heavy atom. The number of fused-ring (bicyclic) bond motifs is 1. The Kier molecular flexibility index (Phi) is 8.29. The van der Waals surface area contributed by atoms with Crippen LogP contribution < -0.4 is 10.6 Å². The molecule has 7 rings (SSSR count). The fraction of sp³-hybridized carbons (Fsp3) is 0.189. The Labute approximate surface area is 262 Å². The molecule has 2 N–H and O–H groups in total. The third-order valence-corrected chi connectivity index (χ3v) is 8.15. The van der Waals surface area contributed by atoms with E-state index >= 15 is 0 Å². The highest BCUT2D eigenvalue weighted by Gasteiger charge is 2.18. The van der Waals surface area contributed by atoms with Crippen molar-refractivity contribution < 1.29 is 4.79 Å². The highest BCUT2D eigenvalue weighted by molar-refractivity contribution is 5.93. The lowest BCUT2D eigenvalue weighted by atomic mass is 10.1. The van der Waals surface area contributed by atoms with Crippen molar-refractivity contribution in [2.24, 2.45) is 0 Å². The summed E-state index contributed by atoms with van der Waals surface area (Å²) in [5, 5.41) is 6.47.